The number of amides is 1. The normalized spacial score (nSPS) is 12.3. The van der Waals surface area contributed by atoms with E-state index in [9.17, 15) is 23.1 Å². The summed E-state index contributed by atoms with van der Waals surface area (Å²) in [4.78, 5) is 25.3. The SMILES string of the molecule is CCCCC(C(=O)O)N(c1c(C(=O)NCC)ccc2ccccc12)S(=O)(=O)c1cc(Cl)cc(Cl)c1. The van der Waals surface area contributed by atoms with Gasteiger partial charge in [0.25, 0.3) is 15.9 Å². The second-order valence-electron chi connectivity index (χ2n) is 7.94. The maximum Gasteiger partial charge on any atom is 0.327 e. The van der Waals surface area contributed by atoms with Crippen molar-refractivity contribution in [2.75, 3.05) is 10.8 Å². The van der Waals surface area contributed by atoms with Crippen molar-refractivity contribution in [3.63, 3.8) is 0 Å². The highest BCUT2D eigenvalue weighted by Crippen LogP contribution is 2.38. The number of carbonyl (C=O) groups excluding carboxylic acids is 1. The van der Waals surface area contributed by atoms with Crippen molar-refractivity contribution in [2.45, 2.75) is 44.0 Å². The lowest BCUT2D eigenvalue weighted by atomic mass is 10.0. The summed E-state index contributed by atoms with van der Waals surface area (Å²) >= 11 is 12.2. The van der Waals surface area contributed by atoms with Crippen molar-refractivity contribution in [3.8, 4) is 0 Å². The first kappa shape index (κ1) is 26.8. The van der Waals surface area contributed by atoms with Gasteiger partial charge in [0.1, 0.15) is 6.04 Å². The molecule has 1 amide bonds. The number of anilines is 1. The monoisotopic (exact) mass is 536 g/mol. The van der Waals surface area contributed by atoms with Crippen LogP contribution in [0.5, 0.6) is 0 Å². The summed E-state index contributed by atoms with van der Waals surface area (Å²) in [5.41, 5.74) is 0.0404. The van der Waals surface area contributed by atoms with E-state index in [-0.39, 0.29) is 32.6 Å². The Morgan fingerprint density at radius 3 is 2.29 bits per heavy atom. The van der Waals surface area contributed by atoms with Crippen molar-refractivity contribution in [1.29, 1.82) is 0 Å². The van der Waals surface area contributed by atoms with Crippen molar-refractivity contribution in [3.05, 3.63) is 70.2 Å². The highest BCUT2D eigenvalue weighted by molar-refractivity contribution is 7.93. The summed E-state index contributed by atoms with van der Waals surface area (Å²) in [7, 11) is -4.53. The summed E-state index contributed by atoms with van der Waals surface area (Å²) in [5.74, 6) is -1.85. The van der Waals surface area contributed by atoms with Gasteiger partial charge in [-0.1, -0.05) is 73.3 Å². The summed E-state index contributed by atoms with van der Waals surface area (Å²) in [6.07, 6.45) is 1.15. The average Bonchev–Trinajstić information content (AvgIpc) is 2.80. The predicted molar refractivity (Wildman–Crippen MR) is 139 cm³/mol. The maximum absolute atomic E-state index is 14.1. The van der Waals surface area contributed by atoms with E-state index in [4.69, 9.17) is 23.2 Å². The number of sulfonamides is 1. The van der Waals surface area contributed by atoms with Crippen LogP contribution in [0.15, 0.2) is 59.5 Å². The van der Waals surface area contributed by atoms with Gasteiger partial charge < -0.3 is 10.4 Å². The quantitative estimate of drug-likeness (QED) is 0.344. The van der Waals surface area contributed by atoms with Crippen LogP contribution in [-0.4, -0.2) is 38.0 Å². The molecule has 0 saturated heterocycles. The lowest BCUT2D eigenvalue weighted by Gasteiger charge is -2.32. The van der Waals surface area contributed by atoms with Gasteiger partial charge in [0.05, 0.1) is 16.1 Å². The molecule has 0 aromatic heterocycles. The van der Waals surface area contributed by atoms with Gasteiger partial charge in [-0.15, -0.1) is 0 Å². The van der Waals surface area contributed by atoms with E-state index in [0.717, 1.165) is 4.31 Å². The Labute approximate surface area is 214 Å². The van der Waals surface area contributed by atoms with Gasteiger partial charge in [0.15, 0.2) is 0 Å². The fourth-order valence-electron chi connectivity index (χ4n) is 3.90. The van der Waals surface area contributed by atoms with Crippen LogP contribution >= 0.6 is 23.2 Å². The number of fused-ring (bicyclic) bond motifs is 1. The Bertz CT molecular complexity index is 1340. The fraction of sp³-hybridized carbons (Fsp3) is 0.280. The minimum Gasteiger partial charge on any atom is -0.480 e. The standard InChI is InChI=1S/C25H26Cl2N2O5S/c1-3-5-10-22(25(31)32)29(35(33,34)19-14-17(26)13-18(27)15-19)23-20-9-7-6-8-16(20)11-12-21(23)24(30)28-4-2/h6-9,11-15,22H,3-5,10H2,1-2H3,(H,28,30)(H,31,32). The van der Waals surface area contributed by atoms with E-state index in [2.05, 4.69) is 5.32 Å². The van der Waals surface area contributed by atoms with Crippen LogP contribution in [0.2, 0.25) is 10.0 Å². The molecular weight excluding hydrogens is 511 g/mol. The van der Waals surface area contributed by atoms with Gasteiger partial charge in [0, 0.05) is 22.0 Å². The number of halogens is 2. The molecule has 35 heavy (non-hydrogen) atoms. The third-order valence-electron chi connectivity index (χ3n) is 5.50. The predicted octanol–water partition coefficient (Wildman–Crippen LogP) is 5.74. The Hall–Kier alpha value is -2.81. The fourth-order valence-corrected chi connectivity index (χ4v) is 6.31. The number of carboxylic acid groups (broad SMARTS) is 1. The summed E-state index contributed by atoms with van der Waals surface area (Å²) in [6, 6.07) is 12.5. The van der Waals surface area contributed by atoms with E-state index in [1.165, 1.54) is 24.3 Å². The number of hydrogen-bond donors (Lipinski definition) is 2. The smallest absolute Gasteiger partial charge is 0.327 e. The Balaban J connectivity index is 2.44. The Kier molecular flexibility index (Phi) is 8.64. The topological polar surface area (TPSA) is 104 Å². The number of nitrogens with one attached hydrogen (secondary N) is 1. The summed E-state index contributed by atoms with van der Waals surface area (Å²) in [6.45, 7) is 3.93. The molecule has 0 heterocycles. The number of hydrogen-bond acceptors (Lipinski definition) is 4. The van der Waals surface area contributed by atoms with Crippen LogP contribution < -0.4 is 9.62 Å². The number of carboxylic acids is 1. The van der Waals surface area contributed by atoms with Crippen molar-refractivity contribution >= 4 is 61.6 Å². The molecular formula is C25H26Cl2N2O5S. The van der Waals surface area contributed by atoms with Crippen molar-refractivity contribution in [2.24, 2.45) is 0 Å². The highest BCUT2D eigenvalue weighted by Gasteiger charge is 2.39. The third kappa shape index (κ3) is 5.72. The summed E-state index contributed by atoms with van der Waals surface area (Å²) in [5, 5.41) is 14.1. The third-order valence-corrected chi connectivity index (χ3v) is 7.72. The van der Waals surface area contributed by atoms with E-state index >= 15 is 0 Å². The molecule has 0 saturated carbocycles. The molecule has 0 aliphatic carbocycles. The molecule has 0 fully saturated rings. The van der Waals surface area contributed by atoms with Crippen LogP contribution in [0.4, 0.5) is 5.69 Å². The minimum absolute atomic E-state index is 0.00588. The molecule has 3 rings (SSSR count). The molecule has 1 unspecified atom stereocenters. The Morgan fingerprint density at radius 2 is 1.69 bits per heavy atom. The zero-order valence-corrected chi connectivity index (χ0v) is 21.6. The number of benzene rings is 3. The molecule has 2 N–H and O–H groups in total. The zero-order chi connectivity index (χ0) is 25.8. The first-order chi connectivity index (χ1) is 16.6. The average molecular weight is 537 g/mol. The molecule has 7 nitrogen and oxygen atoms in total. The lowest BCUT2D eigenvalue weighted by Crippen LogP contribution is -2.46. The number of unbranched alkanes of at least 4 members (excludes halogenated alkanes) is 1. The second-order valence-corrected chi connectivity index (χ2v) is 10.6. The lowest BCUT2D eigenvalue weighted by molar-refractivity contribution is -0.138. The molecule has 0 spiro atoms. The van der Waals surface area contributed by atoms with E-state index in [1.807, 2.05) is 6.92 Å². The van der Waals surface area contributed by atoms with Crippen LogP contribution in [0.1, 0.15) is 43.5 Å². The summed E-state index contributed by atoms with van der Waals surface area (Å²) < 4.78 is 29.1. The molecule has 0 radical (unpaired) electrons. The molecule has 1 atom stereocenters. The van der Waals surface area contributed by atoms with Crippen LogP contribution in [-0.2, 0) is 14.8 Å². The number of aliphatic carboxylic acids is 1. The van der Waals surface area contributed by atoms with Crippen LogP contribution in [0, 0.1) is 0 Å². The van der Waals surface area contributed by atoms with Gasteiger partial charge >= 0.3 is 5.97 Å². The molecule has 0 aliphatic rings. The van der Waals surface area contributed by atoms with Crippen LogP contribution in [0.3, 0.4) is 0 Å². The van der Waals surface area contributed by atoms with Gasteiger partial charge in [-0.3, -0.25) is 9.10 Å². The Morgan fingerprint density at radius 1 is 1.03 bits per heavy atom. The van der Waals surface area contributed by atoms with E-state index < -0.39 is 27.9 Å². The van der Waals surface area contributed by atoms with Gasteiger partial charge in [-0.05, 0) is 43.0 Å². The molecule has 3 aromatic carbocycles. The highest BCUT2D eigenvalue weighted by atomic mass is 35.5. The van der Waals surface area contributed by atoms with Gasteiger partial charge in [-0.25, -0.2) is 13.2 Å². The molecule has 3 aromatic rings. The van der Waals surface area contributed by atoms with Crippen molar-refractivity contribution < 1.29 is 23.1 Å². The maximum atomic E-state index is 14.1. The molecule has 10 heteroatoms. The molecule has 186 valence electrons. The first-order valence-electron chi connectivity index (χ1n) is 11.1. The van der Waals surface area contributed by atoms with Gasteiger partial charge in [-0.2, -0.15) is 0 Å². The minimum atomic E-state index is -4.53. The van der Waals surface area contributed by atoms with Gasteiger partial charge in [0.2, 0.25) is 0 Å². The number of carbonyl (C=O) groups is 2. The van der Waals surface area contributed by atoms with Crippen molar-refractivity contribution in [1.82, 2.24) is 5.32 Å². The van der Waals surface area contributed by atoms with Crippen LogP contribution in [0.25, 0.3) is 10.8 Å². The second kappa shape index (κ2) is 11.3. The molecule has 0 aliphatic heterocycles. The zero-order valence-electron chi connectivity index (χ0n) is 19.3. The number of nitrogens with zero attached hydrogens (tertiary/aromatic N) is 1. The van der Waals surface area contributed by atoms with E-state index in [1.54, 1.807) is 37.3 Å². The first-order valence-corrected chi connectivity index (χ1v) is 13.3. The molecule has 0 bridgehead atoms. The number of rotatable bonds is 10. The van der Waals surface area contributed by atoms with E-state index in [0.29, 0.717) is 30.2 Å². The largest absolute Gasteiger partial charge is 0.480 e.